The molecular formula is C29H18Cl2O2. The average Bonchev–Trinajstić information content (AvgIpc) is 3.29. The molecule has 0 aromatic heterocycles. The number of halogens is 2. The van der Waals surface area contributed by atoms with Crippen LogP contribution in [0.3, 0.4) is 0 Å². The number of para-hydroxylation sites is 1. The van der Waals surface area contributed by atoms with Crippen molar-refractivity contribution in [1.82, 2.24) is 0 Å². The third-order valence-corrected chi connectivity index (χ3v) is 7.22. The van der Waals surface area contributed by atoms with E-state index in [1.165, 1.54) is 0 Å². The number of allylic oxidation sites excluding steroid dienone is 1. The van der Waals surface area contributed by atoms with Gasteiger partial charge >= 0.3 is 0 Å². The molecular weight excluding hydrogens is 451 g/mol. The van der Waals surface area contributed by atoms with E-state index in [0.29, 0.717) is 15.8 Å². The SMILES string of the molecule is O=C1C=C(c2ccc(Cl)cc2)[C@@]2(c3ccc(Cl)cc3)Oc3ccccc3[C@@]12c1ccccc1. The second-order valence-corrected chi connectivity index (χ2v) is 9.20. The van der Waals surface area contributed by atoms with E-state index in [9.17, 15) is 4.79 Å². The summed E-state index contributed by atoms with van der Waals surface area (Å²) >= 11 is 12.5. The van der Waals surface area contributed by atoms with Crippen LogP contribution in [-0.2, 0) is 15.8 Å². The standard InChI is InChI=1S/C29H18Cl2O2/c30-22-14-10-19(11-15-22)25-18-27(32)28(20-6-2-1-3-7-20)24-8-4-5-9-26(24)33-29(25,28)21-12-16-23(31)17-13-21/h1-18H/t28-,29+/m0/s1. The molecule has 2 aliphatic rings. The fraction of sp³-hybridized carbons (Fsp3) is 0.0690. The number of hydrogen-bond donors (Lipinski definition) is 0. The van der Waals surface area contributed by atoms with Crippen molar-refractivity contribution in [2.24, 2.45) is 0 Å². The molecule has 33 heavy (non-hydrogen) atoms. The van der Waals surface area contributed by atoms with E-state index in [1.54, 1.807) is 6.08 Å². The highest BCUT2D eigenvalue weighted by Crippen LogP contribution is 2.66. The molecule has 4 aromatic rings. The van der Waals surface area contributed by atoms with Crippen LogP contribution in [0.4, 0.5) is 0 Å². The summed E-state index contributed by atoms with van der Waals surface area (Å²) in [6.45, 7) is 0. The molecule has 0 bridgehead atoms. The van der Waals surface area contributed by atoms with Crippen molar-refractivity contribution in [2.75, 3.05) is 0 Å². The van der Waals surface area contributed by atoms with Crippen LogP contribution >= 0.6 is 23.2 Å². The zero-order chi connectivity index (χ0) is 22.6. The van der Waals surface area contributed by atoms with Gasteiger partial charge in [0.25, 0.3) is 0 Å². The maximum Gasteiger partial charge on any atom is 0.181 e. The number of carbonyl (C=O) groups excluding carboxylic acids is 1. The van der Waals surface area contributed by atoms with Crippen LogP contribution < -0.4 is 4.74 Å². The molecule has 1 aliphatic heterocycles. The molecule has 2 nitrogen and oxygen atoms in total. The van der Waals surface area contributed by atoms with Crippen LogP contribution in [-0.4, -0.2) is 5.78 Å². The van der Waals surface area contributed by atoms with Crippen LogP contribution in [0.1, 0.15) is 22.3 Å². The predicted molar refractivity (Wildman–Crippen MR) is 132 cm³/mol. The molecule has 0 unspecified atom stereocenters. The maximum atomic E-state index is 14.2. The van der Waals surface area contributed by atoms with E-state index in [0.717, 1.165) is 27.8 Å². The van der Waals surface area contributed by atoms with E-state index in [-0.39, 0.29) is 5.78 Å². The average molecular weight is 469 g/mol. The fourth-order valence-corrected chi connectivity index (χ4v) is 5.67. The highest BCUT2D eigenvalue weighted by atomic mass is 35.5. The molecule has 2 atom stereocenters. The quantitative estimate of drug-likeness (QED) is 0.316. The van der Waals surface area contributed by atoms with Gasteiger partial charge < -0.3 is 4.74 Å². The molecule has 4 aromatic carbocycles. The Bertz CT molecular complexity index is 1410. The molecule has 0 saturated heterocycles. The van der Waals surface area contributed by atoms with Gasteiger partial charge in [-0.15, -0.1) is 0 Å². The van der Waals surface area contributed by atoms with Crippen molar-refractivity contribution in [3.8, 4) is 5.75 Å². The first kappa shape index (κ1) is 20.3. The van der Waals surface area contributed by atoms with Gasteiger partial charge in [0.2, 0.25) is 0 Å². The Balaban J connectivity index is 1.75. The summed E-state index contributed by atoms with van der Waals surface area (Å²) in [6, 6.07) is 32.9. The van der Waals surface area contributed by atoms with Gasteiger partial charge in [0.1, 0.15) is 11.2 Å². The third kappa shape index (κ3) is 2.65. The Morgan fingerprint density at radius 2 is 1.24 bits per heavy atom. The molecule has 0 saturated carbocycles. The lowest BCUT2D eigenvalue weighted by Crippen LogP contribution is -2.51. The second kappa shape index (κ2) is 7.34. The van der Waals surface area contributed by atoms with Gasteiger partial charge in [-0.05, 0) is 47.5 Å². The van der Waals surface area contributed by atoms with Crippen molar-refractivity contribution in [3.63, 3.8) is 0 Å². The Hall–Kier alpha value is -3.33. The first-order valence-electron chi connectivity index (χ1n) is 10.7. The molecule has 6 rings (SSSR count). The highest BCUT2D eigenvalue weighted by molar-refractivity contribution is 6.31. The smallest absolute Gasteiger partial charge is 0.181 e. The number of ether oxygens (including phenoxy) is 1. The lowest BCUT2D eigenvalue weighted by molar-refractivity contribution is -0.120. The van der Waals surface area contributed by atoms with Gasteiger partial charge in [-0.2, -0.15) is 0 Å². The van der Waals surface area contributed by atoms with E-state index in [2.05, 4.69) is 0 Å². The van der Waals surface area contributed by atoms with Crippen LogP contribution in [0.5, 0.6) is 5.75 Å². The molecule has 160 valence electrons. The van der Waals surface area contributed by atoms with Crippen molar-refractivity contribution in [3.05, 3.63) is 142 Å². The van der Waals surface area contributed by atoms with Gasteiger partial charge in [0.15, 0.2) is 11.4 Å². The van der Waals surface area contributed by atoms with Crippen LogP contribution in [0.2, 0.25) is 10.0 Å². The lowest BCUT2D eigenvalue weighted by Gasteiger charge is -2.41. The molecule has 1 aliphatic carbocycles. The maximum absolute atomic E-state index is 14.2. The van der Waals surface area contributed by atoms with Crippen molar-refractivity contribution in [1.29, 1.82) is 0 Å². The largest absolute Gasteiger partial charge is 0.476 e. The van der Waals surface area contributed by atoms with E-state index in [4.69, 9.17) is 27.9 Å². The first-order chi connectivity index (χ1) is 16.1. The van der Waals surface area contributed by atoms with Gasteiger partial charge in [-0.1, -0.05) is 96.0 Å². The molecule has 0 amide bonds. The summed E-state index contributed by atoms with van der Waals surface area (Å²) in [5.41, 5.74) is 2.10. The molecule has 0 fully saturated rings. The predicted octanol–water partition coefficient (Wildman–Crippen LogP) is 7.23. The van der Waals surface area contributed by atoms with Gasteiger partial charge in [-0.3, -0.25) is 4.79 Å². The van der Waals surface area contributed by atoms with Gasteiger partial charge in [-0.25, -0.2) is 0 Å². The molecule has 0 spiro atoms. The van der Waals surface area contributed by atoms with E-state index < -0.39 is 11.0 Å². The zero-order valence-electron chi connectivity index (χ0n) is 17.5. The highest BCUT2D eigenvalue weighted by Gasteiger charge is 2.70. The minimum absolute atomic E-state index is 0.0152. The number of fused-ring (bicyclic) bond motifs is 3. The first-order valence-corrected chi connectivity index (χ1v) is 11.5. The Labute approximate surface area is 202 Å². The molecule has 0 radical (unpaired) electrons. The van der Waals surface area contributed by atoms with Crippen molar-refractivity contribution < 1.29 is 9.53 Å². The number of rotatable bonds is 3. The third-order valence-electron chi connectivity index (χ3n) is 6.72. The lowest BCUT2D eigenvalue weighted by atomic mass is 9.61. The minimum atomic E-state index is -1.10. The molecule has 0 N–H and O–H groups in total. The van der Waals surface area contributed by atoms with E-state index >= 15 is 0 Å². The Morgan fingerprint density at radius 1 is 0.636 bits per heavy atom. The normalized spacial score (nSPS) is 23.0. The van der Waals surface area contributed by atoms with Crippen LogP contribution in [0.25, 0.3) is 5.57 Å². The number of hydrogen-bond acceptors (Lipinski definition) is 2. The summed E-state index contributed by atoms with van der Waals surface area (Å²) in [5, 5.41) is 1.26. The molecule has 1 heterocycles. The monoisotopic (exact) mass is 468 g/mol. The van der Waals surface area contributed by atoms with Crippen LogP contribution in [0.15, 0.2) is 109 Å². The number of carbonyl (C=O) groups is 1. The Morgan fingerprint density at radius 3 is 1.94 bits per heavy atom. The van der Waals surface area contributed by atoms with E-state index in [1.807, 2.05) is 103 Å². The van der Waals surface area contributed by atoms with Crippen molar-refractivity contribution in [2.45, 2.75) is 11.0 Å². The summed E-state index contributed by atoms with van der Waals surface area (Å²) < 4.78 is 6.90. The number of ketones is 1. The van der Waals surface area contributed by atoms with Gasteiger partial charge in [0.05, 0.1) is 0 Å². The second-order valence-electron chi connectivity index (χ2n) is 8.33. The number of benzene rings is 4. The zero-order valence-corrected chi connectivity index (χ0v) is 19.0. The Kier molecular flexibility index (Phi) is 4.52. The summed E-state index contributed by atoms with van der Waals surface area (Å²) in [6.07, 6.45) is 1.74. The summed E-state index contributed by atoms with van der Waals surface area (Å²) in [7, 11) is 0. The summed E-state index contributed by atoms with van der Waals surface area (Å²) in [4.78, 5) is 14.2. The van der Waals surface area contributed by atoms with Gasteiger partial charge in [0, 0.05) is 26.7 Å². The fourth-order valence-electron chi connectivity index (χ4n) is 5.42. The van der Waals surface area contributed by atoms with Crippen molar-refractivity contribution >= 4 is 34.6 Å². The van der Waals surface area contributed by atoms with Crippen LogP contribution in [0, 0.1) is 0 Å². The molecule has 4 heteroatoms. The minimum Gasteiger partial charge on any atom is -0.476 e. The summed E-state index contributed by atoms with van der Waals surface area (Å²) in [5.74, 6) is 0.683. The topological polar surface area (TPSA) is 26.3 Å².